The first-order valence-electron chi connectivity index (χ1n) is 2.61. The van der Waals surface area contributed by atoms with Gasteiger partial charge in [0.15, 0.2) is 10.1 Å². The molecule has 5 heteroatoms. The van der Waals surface area contributed by atoms with Crippen LogP contribution in [0, 0.1) is 0 Å². The van der Waals surface area contributed by atoms with Crippen LogP contribution in [-0.4, -0.2) is 22.0 Å². The van der Waals surface area contributed by atoms with E-state index in [1.807, 2.05) is 0 Å². The molecule has 1 aromatic rings. The number of hydrogen-bond donors (Lipinski definition) is 1. The number of nitrogens with zero attached hydrogens (tertiary/aromatic N) is 3. The molecular formula is C5H6BrN3O. The Balaban J connectivity index is 3.47. The van der Waals surface area contributed by atoms with Gasteiger partial charge in [-0.3, -0.25) is 4.99 Å². The van der Waals surface area contributed by atoms with Crippen molar-refractivity contribution in [3.8, 4) is 0 Å². The topological polar surface area (TPSA) is 50.4 Å². The third-order valence-electron chi connectivity index (χ3n) is 1.01. The van der Waals surface area contributed by atoms with Gasteiger partial charge >= 0.3 is 0 Å². The van der Waals surface area contributed by atoms with Crippen molar-refractivity contribution in [2.75, 3.05) is 7.05 Å². The molecule has 4 nitrogen and oxygen atoms in total. The van der Waals surface area contributed by atoms with E-state index in [9.17, 15) is 0 Å². The molecule has 0 aliphatic heterocycles. The van der Waals surface area contributed by atoms with Gasteiger partial charge in [0.05, 0.1) is 6.20 Å². The quantitative estimate of drug-likeness (QED) is 0.622. The summed E-state index contributed by atoms with van der Waals surface area (Å²) < 4.78 is 1.43. The highest BCUT2D eigenvalue weighted by Gasteiger charge is 1.93. The summed E-state index contributed by atoms with van der Waals surface area (Å²) in [5, 5.41) is 9.04. The number of rotatable bonds is 0. The third-order valence-corrected chi connectivity index (χ3v) is 1.57. The molecule has 0 aromatic carbocycles. The van der Waals surface area contributed by atoms with Gasteiger partial charge in [-0.2, -0.15) is 4.73 Å². The summed E-state index contributed by atoms with van der Waals surface area (Å²) in [4.78, 5) is 7.63. The van der Waals surface area contributed by atoms with E-state index in [1.54, 1.807) is 7.05 Å². The molecule has 0 saturated carbocycles. The second-order valence-electron chi connectivity index (χ2n) is 1.61. The molecular weight excluding hydrogens is 198 g/mol. The maximum absolute atomic E-state index is 9.04. The minimum atomic E-state index is 0.405. The van der Waals surface area contributed by atoms with Crippen LogP contribution in [-0.2, 0) is 0 Å². The van der Waals surface area contributed by atoms with Crippen molar-refractivity contribution in [3.63, 3.8) is 0 Å². The van der Waals surface area contributed by atoms with Crippen LogP contribution in [0.1, 0.15) is 0 Å². The van der Waals surface area contributed by atoms with Crippen molar-refractivity contribution in [2.24, 2.45) is 4.99 Å². The zero-order valence-corrected chi connectivity index (χ0v) is 6.91. The van der Waals surface area contributed by atoms with Gasteiger partial charge in [-0.25, -0.2) is 4.98 Å². The Labute approximate surface area is 66.0 Å². The number of halogens is 1. The highest BCUT2D eigenvalue weighted by Crippen LogP contribution is 1.93. The first-order valence-corrected chi connectivity index (χ1v) is 3.40. The Morgan fingerprint density at radius 3 is 2.90 bits per heavy atom. The van der Waals surface area contributed by atoms with E-state index in [4.69, 9.17) is 5.21 Å². The van der Waals surface area contributed by atoms with Crippen LogP contribution in [0.3, 0.4) is 0 Å². The van der Waals surface area contributed by atoms with Crippen LogP contribution < -0.4 is 5.49 Å². The molecule has 0 amide bonds. The summed E-state index contributed by atoms with van der Waals surface area (Å²) in [6.45, 7) is 0. The molecule has 0 aliphatic carbocycles. The van der Waals surface area contributed by atoms with E-state index in [2.05, 4.69) is 25.9 Å². The lowest BCUT2D eigenvalue weighted by Gasteiger charge is -1.96. The predicted molar refractivity (Wildman–Crippen MR) is 38.6 cm³/mol. The highest BCUT2D eigenvalue weighted by molar-refractivity contribution is 9.10. The zero-order chi connectivity index (χ0) is 7.56. The SMILES string of the molecule is CN=c1c(Br)nccn1O. The summed E-state index contributed by atoms with van der Waals surface area (Å²) in [5.41, 5.74) is 0.405. The van der Waals surface area contributed by atoms with Crippen LogP contribution in [0.4, 0.5) is 0 Å². The van der Waals surface area contributed by atoms with E-state index >= 15 is 0 Å². The summed E-state index contributed by atoms with van der Waals surface area (Å²) in [6.07, 6.45) is 2.88. The molecule has 0 aliphatic rings. The van der Waals surface area contributed by atoms with Crippen molar-refractivity contribution in [3.05, 3.63) is 22.5 Å². The fourth-order valence-corrected chi connectivity index (χ4v) is 1.06. The van der Waals surface area contributed by atoms with Gasteiger partial charge in [0, 0.05) is 13.2 Å². The minimum Gasteiger partial charge on any atom is -0.427 e. The Kier molecular flexibility index (Phi) is 2.06. The largest absolute Gasteiger partial charge is 0.427 e. The second kappa shape index (κ2) is 2.83. The van der Waals surface area contributed by atoms with E-state index < -0.39 is 0 Å². The summed E-state index contributed by atoms with van der Waals surface area (Å²) in [6, 6.07) is 0. The van der Waals surface area contributed by atoms with Crippen molar-refractivity contribution in [1.82, 2.24) is 9.71 Å². The Bertz CT molecular complexity index is 270. The molecule has 1 rings (SSSR count). The first-order chi connectivity index (χ1) is 4.75. The molecule has 0 bridgehead atoms. The van der Waals surface area contributed by atoms with E-state index in [1.165, 1.54) is 12.4 Å². The first kappa shape index (κ1) is 7.27. The van der Waals surface area contributed by atoms with Crippen LogP contribution in [0.5, 0.6) is 0 Å². The second-order valence-corrected chi connectivity index (χ2v) is 2.36. The fraction of sp³-hybridized carbons (Fsp3) is 0.200. The molecule has 0 unspecified atom stereocenters. The van der Waals surface area contributed by atoms with Crippen molar-refractivity contribution >= 4 is 15.9 Å². The average Bonchev–Trinajstić information content (AvgIpc) is 1.88. The van der Waals surface area contributed by atoms with Gasteiger partial charge in [0.1, 0.15) is 0 Å². The highest BCUT2D eigenvalue weighted by atomic mass is 79.9. The van der Waals surface area contributed by atoms with Gasteiger partial charge < -0.3 is 5.21 Å². The van der Waals surface area contributed by atoms with E-state index in [-0.39, 0.29) is 0 Å². The smallest absolute Gasteiger partial charge is 0.196 e. The molecule has 0 atom stereocenters. The number of hydrogen-bond acceptors (Lipinski definition) is 3. The van der Waals surface area contributed by atoms with Gasteiger partial charge in [-0.15, -0.1) is 0 Å². The third kappa shape index (κ3) is 1.18. The van der Waals surface area contributed by atoms with E-state index in [0.717, 1.165) is 4.73 Å². The van der Waals surface area contributed by atoms with Crippen LogP contribution in [0.2, 0.25) is 0 Å². The monoisotopic (exact) mass is 203 g/mol. The maximum atomic E-state index is 9.04. The van der Waals surface area contributed by atoms with Crippen LogP contribution >= 0.6 is 15.9 Å². The molecule has 54 valence electrons. The van der Waals surface area contributed by atoms with Crippen molar-refractivity contribution in [2.45, 2.75) is 0 Å². The Morgan fingerprint density at radius 1 is 1.80 bits per heavy atom. The van der Waals surface area contributed by atoms with Gasteiger partial charge in [0.2, 0.25) is 0 Å². The summed E-state index contributed by atoms with van der Waals surface area (Å²) in [5.74, 6) is 0. The van der Waals surface area contributed by atoms with Crippen molar-refractivity contribution < 1.29 is 5.21 Å². The fourth-order valence-electron chi connectivity index (χ4n) is 0.579. The standard InChI is InChI=1S/C5H6BrN3O/c1-7-5-4(6)8-2-3-9(5)10/h2-3,10H,1H3. The normalized spacial score (nSPS) is 12.0. The molecule has 0 radical (unpaired) electrons. The predicted octanol–water partition coefficient (Wildman–Crippen LogP) is 0.413. The molecule has 0 spiro atoms. The average molecular weight is 204 g/mol. The molecule has 1 N–H and O–H groups in total. The van der Waals surface area contributed by atoms with Crippen LogP contribution in [0.25, 0.3) is 0 Å². The lowest BCUT2D eigenvalue weighted by Crippen LogP contribution is -2.20. The lowest BCUT2D eigenvalue weighted by atomic mass is 10.7. The summed E-state index contributed by atoms with van der Waals surface area (Å²) >= 11 is 3.12. The van der Waals surface area contributed by atoms with Crippen LogP contribution in [0.15, 0.2) is 22.0 Å². The van der Waals surface area contributed by atoms with E-state index in [0.29, 0.717) is 10.1 Å². The molecule has 1 aromatic heterocycles. The Morgan fingerprint density at radius 2 is 2.50 bits per heavy atom. The van der Waals surface area contributed by atoms with Gasteiger partial charge in [-0.05, 0) is 15.9 Å². The number of aromatic nitrogens is 2. The molecule has 0 saturated heterocycles. The minimum absolute atomic E-state index is 0.405. The van der Waals surface area contributed by atoms with Crippen molar-refractivity contribution in [1.29, 1.82) is 0 Å². The van der Waals surface area contributed by atoms with Gasteiger partial charge in [-0.1, -0.05) is 0 Å². The lowest BCUT2D eigenvalue weighted by molar-refractivity contribution is 0.170. The molecule has 1 heterocycles. The summed E-state index contributed by atoms with van der Waals surface area (Å²) in [7, 11) is 1.58. The molecule has 0 fully saturated rings. The maximum Gasteiger partial charge on any atom is 0.196 e. The zero-order valence-electron chi connectivity index (χ0n) is 5.32. The Hall–Kier alpha value is -0.840. The molecule has 10 heavy (non-hydrogen) atoms. The van der Waals surface area contributed by atoms with Gasteiger partial charge in [0.25, 0.3) is 0 Å².